The fourth-order valence-corrected chi connectivity index (χ4v) is 5.24. The van der Waals surface area contributed by atoms with Gasteiger partial charge in [-0.15, -0.1) is 0 Å². The molecule has 0 spiro atoms. The molecule has 282 valence electrons. The molecule has 55 heavy (non-hydrogen) atoms. The molecule has 6 aromatic rings. The molecule has 0 fully saturated rings. The Morgan fingerprint density at radius 1 is 0.636 bits per heavy atom. The number of rotatable bonds is 6. The average Bonchev–Trinajstić information content (AvgIpc) is 3.15. The Morgan fingerprint density at radius 2 is 1.11 bits per heavy atom. The quantitative estimate of drug-likeness (QED) is 0.0574. The minimum absolute atomic E-state index is 0.0278. The fraction of sp³-hybridized carbons (Fsp3) is 0.0732. The van der Waals surface area contributed by atoms with Crippen molar-refractivity contribution in [2.24, 2.45) is 0 Å². The summed E-state index contributed by atoms with van der Waals surface area (Å²) in [6.07, 6.45) is -8.76. The molecule has 0 unspecified atom stereocenters. The molecule has 0 aliphatic carbocycles. The SMILES string of the molecule is Cc1cccc(NC(=O)c2ccccc2-c2ccc(C(F)(F)F)cc2)c1.Nc1cccc([N+](=O)[O-])c1.O=C(Cl)c1ccccc1-c1ccc(C(F)(F)F)cc1. The van der Waals surface area contributed by atoms with Gasteiger partial charge in [0.2, 0.25) is 0 Å². The zero-order valence-electron chi connectivity index (χ0n) is 28.7. The van der Waals surface area contributed by atoms with E-state index in [2.05, 4.69) is 5.32 Å². The number of hydrogen-bond acceptors (Lipinski definition) is 5. The lowest BCUT2D eigenvalue weighted by Crippen LogP contribution is -2.13. The van der Waals surface area contributed by atoms with Crippen molar-refractivity contribution in [3.05, 3.63) is 184 Å². The molecule has 0 aliphatic heterocycles. The van der Waals surface area contributed by atoms with E-state index in [0.717, 1.165) is 29.8 Å². The highest BCUT2D eigenvalue weighted by Gasteiger charge is 2.31. The third-order valence-corrected chi connectivity index (χ3v) is 7.92. The van der Waals surface area contributed by atoms with Gasteiger partial charge in [0.15, 0.2) is 0 Å². The number of carbonyl (C=O) groups excluding carboxylic acids is 2. The molecule has 3 N–H and O–H groups in total. The molecule has 14 heteroatoms. The van der Waals surface area contributed by atoms with Gasteiger partial charge in [-0.1, -0.05) is 78.9 Å². The number of carbonyl (C=O) groups is 2. The summed E-state index contributed by atoms with van der Waals surface area (Å²) in [7, 11) is 0. The van der Waals surface area contributed by atoms with Crippen molar-refractivity contribution in [2.75, 3.05) is 11.1 Å². The van der Waals surface area contributed by atoms with Crippen molar-refractivity contribution in [3.8, 4) is 22.3 Å². The number of hydrogen-bond donors (Lipinski definition) is 2. The molecule has 1 amide bonds. The van der Waals surface area contributed by atoms with E-state index in [1.807, 2.05) is 25.1 Å². The van der Waals surface area contributed by atoms with Crippen LogP contribution in [0.1, 0.15) is 37.4 Å². The highest BCUT2D eigenvalue weighted by atomic mass is 35.5. The summed E-state index contributed by atoms with van der Waals surface area (Å²) < 4.78 is 75.6. The van der Waals surface area contributed by atoms with Crippen molar-refractivity contribution in [3.63, 3.8) is 0 Å². The maximum Gasteiger partial charge on any atom is 0.416 e. The van der Waals surface area contributed by atoms with Crippen molar-refractivity contribution >= 4 is 39.8 Å². The Hall–Kier alpha value is -6.47. The van der Waals surface area contributed by atoms with Gasteiger partial charge >= 0.3 is 12.4 Å². The molecule has 0 radical (unpaired) electrons. The lowest BCUT2D eigenvalue weighted by atomic mass is 9.98. The second-order valence-electron chi connectivity index (χ2n) is 11.7. The maximum atomic E-state index is 12.7. The number of amides is 1. The predicted octanol–water partition coefficient (Wildman–Crippen LogP) is 11.9. The topological polar surface area (TPSA) is 115 Å². The third-order valence-electron chi connectivity index (χ3n) is 7.71. The van der Waals surface area contributed by atoms with Crippen LogP contribution in [0.15, 0.2) is 146 Å². The van der Waals surface area contributed by atoms with E-state index in [4.69, 9.17) is 17.3 Å². The Labute approximate surface area is 316 Å². The van der Waals surface area contributed by atoms with Crippen LogP contribution in [0.4, 0.5) is 43.4 Å². The van der Waals surface area contributed by atoms with Crippen LogP contribution in [-0.4, -0.2) is 16.1 Å². The summed E-state index contributed by atoms with van der Waals surface area (Å²) in [5, 5.41) is 12.3. The van der Waals surface area contributed by atoms with Gasteiger partial charge < -0.3 is 11.1 Å². The van der Waals surface area contributed by atoms with Crippen LogP contribution in [0.3, 0.4) is 0 Å². The normalized spacial score (nSPS) is 10.9. The van der Waals surface area contributed by atoms with E-state index in [-0.39, 0.29) is 17.2 Å². The third kappa shape index (κ3) is 11.8. The second-order valence-corrected chi connectivity index (χ2v) is 12.0. The first-order valence-electron chi connectivity index (χ1n) is 16.0. The minimum atomic E-state index is -4.39. The summed E-state index contributed by atoms with van der Waals surface area (Å²) >= 11 is 5.44. The second kappa shape index (κ2) is 18.0. The number of nitrogens with one attached hydrogen (secondary N) is 1. The molecule has 0 saturated heterocycles. The zero-order valence-corrected chi connectivity index (χ0v) is 29.4. The molecular formula is C41H30ClF6N3O4. The summed E-state index contributed by atoms with van der Waals surface area (Å²) in [6, 6.07) is 36.0. The van der Waals surface area contributed by atoms with Crippen LogP contribution in [-0.2, 0) is 12.4 Å². The Morgan fingerprint density at radius 3 is 1.55 bits per heavy atom. The number of anilines is 2. The van der Waals surface area contributed by atoms with E-state index < -0.39 is 33.6 Å². The Balaban J connectivity index is 0.000000202. The molecule has 0 saturated carbocycles. The first-order chi connectivity index (χ1) is 25.9. The van der Waals surface area contributed by atoms with Crippen LogP contribution < -0.4 is 11.1 Å². The maximum absolute atomic E-state index is 12.7. The number of benzene rings is 6. The number of nitro groups is 1. The van der Waals surface area contributed by atoms with Gasteiger partial charge in [0.25, 0.3) is 16.8 Å². The predicted molar refractivity (Wildman–Crippen MR) is 201 cm³/mol. The van der Waals surface area contributed by atoms with Crippen molar-refractivity contribution in [1.82, 2.24) is 0 Å². The van der Waals surface area contributed by atoms with Crippen LogP contribution in [0.2, 0.25) is 0 Å². The lowest BCUT2D eigenvalue weighted by molar-refractivity contribution is -0.384. The van der Waals surface area contributed by atoms with E-state index in [1.165, 1.54) is 42.5 Å². The number of alkyl halides is 6. The summed E-state index contributed by atoms with van der Waals surface area (Å²) in [4.78, 5) is 33.5. The van der Waals surface area contributed by atoms with Gasteiger partial charge in [-0.05, 0) is 101 Å². The van der Waals surface area contributed by atoms with E-state index in [1.54, 1.807) is 60.7 Å². The van der Waals surface area contributed by atoms with Gasteiger partial charge in [-0.25, -0.2) is 0 Å². The number of non-ortho nitro benzene ring substituents is 1. The van der Waals surface area contributed by atoms with Crippen LogP contribution >= 0.6 is 11.6 Å². The van der Waals surface area contributed by atoms with Crippen LogP contribution in [0.5, 0.6) is 0 Å². The molecule has 0 heterocycles. The first kappa shape index (κ1) is 41.3. The van der Waals surface area contributed by atoms with E-state index in [9.17, 15) is 46.0 Å². The van der Waals surface area contributed by atoms with Crippen molar-refractivity contribution in [2.45, 2.75) is 19.3 Å². The number of aryl methyl sites for hydroxylation is 1. The smallest absolute Gasteiger partial charge is 0.399 e. The molecule has 0 bridgehead atoms. The minimum Gasteiger partial charge on any atom is -0.399 e. The molecule has 0 aliphatic rings. The Bertz CT molecular complexity index is 2280. The van der Waals surface area contributed by atoms with Gasteiger partial charge in [-0.2, -0.15) is 26.3 Å². The van der Waals surface area contributed by atoms with Crippen LogP contribution in [0.25, 0.3) is 22.3 Å². The highest BCUT2D eigenvalue weighted by molar-refractivity contribution is 6.68. The number of nitrogen functional groups attached to an aromatic ring is 1. The Kier molecular flexibility index (Phi) is 13.5. The van der Waals surface area contributed by atoms with Crippen LogP contribution in [0, 0.1) is 17.0 Å². The van der Waals surface area contributed by atoms with Gasteiger partial charge in [0.1, 0.15) is 0 Å². The molecule has 0 aromatic heterocycles. The number of nitro benzene ring substituents is 1. The molecular weight excluding hydrogens is 748 g/mol. The van der Waals surface area contributed by atoms with E-state index in [0.29, 0.717) is 39.2 Å². The van der Waals surface area contributed by atoms with Gasteiger partial charge in [0.05, 0.1) is 16.1 Å². The number of nitrogens with zero attached hydrogens (tertiary/aromatic N) is 1. The number of nitrogens with two attached hydrogens (primary N) is 1. The summed E-state index contributed by atoms with van der Waals surface area (Å²) in [6.45, 7) is 1.92. The largest absolute Gasteiger partial charge is 0.416 e. The summed E-state index contributed by atoms with van der Waals surface area (Å²) in [5.41, 5.74) is 8.77. The lowest BCUT2D eigenvalue weighted by Gasteiger charge is -2.12. The van der Waals surface area contributed by atoms with Crippen molar-refractivity contribution < 1.29 is 40.9 Å². The highest BCUT2D eigenvalue weighted by Crippen LogP contribution is 2.33. The zero-order chi connectivity index (χ0) is 40.3. The van der Waals surface area contributed by atoms with Crippen molar-refractivity contribution in [1.29, 1.82) is 0 Å². The number of halogens is 7. The monoisotopic (exact) mass is 777 g/mol. The molecule has 6 aromatic carbocycles. The first-order valence-corrected chi connectivity index (χ1v) is 16.4. The average molecular weight is 778 g/mol. The van der Waals surface area contributed by atoms with E-state index >= 15 is 0 Å². The molecule has 7 nitrogen and oxygen atoms in total. The molecule has 0 atom stereocenters. The summed E-state index contributed by atoms with van der Waals surface area (Å²) in [5.74, 6) is -0.314. The standard InChI is InChI=1S/C21H16F3NO.C14H8ClF3O.C6H6N2O2/c1-14-5-4-6-17(13-14)25-20(26)19-8-3-2-7-18(19)15-9-11-16(12-10-15)21(22,23)24;15-13(19)12-4-2-1-3-11(12)9-5-7-10(8-6-9)14(16,17)18;7-5-2-1-3-6(4-5)8(9)10/h2-13H,1H3,(H,25,26);1-8H;1-4H,7H2. The van der Waals surface area contributed by atoms with Gasteiger partial charge in [-0.3, -0.25) is 19.7 Å². The fourth-order valence-electron chi connectivity index (χ4n) is 5.08. The molecule has 6 rings (SSSR count). The van der Waals surface area contributed by atoms with Gasteiger partial charge in [0, 0.05) is 34.6 Å².